The maximum atomic E-state index is 13.4. The Labute approximate surface area is 192 Å². The first kappa shape index (κ1) is 22.3. The molecule has 1 aromatic heterocycles. The average Bonchev–Trinajstić information content (AvgIpc) is 3.26. The van der Waals surface area contributed by atoms with E-state index in [4.69, 9.17) is 14.2 Å². The topological polar surface area (TPSA) is 82.0 Å². The van der Waals surface area contributed by atoms with Crippen LogP contribution >= 0.6 is 0 Å². The molecule has 8 heteroatoms. The Morgan fingerprint density at radius 3 is 2.58 bits per heavy atom. The molecule has 3 aromatic rings. The van der Waals surface area contributed by atoms with Gasteiger partial charge in [-0.05, 0) is 48.4 Å². The summed E-state index contributed by atoms with van der Waals surface area (Å²) in [4.78, 5) is 27.0. The number of aromatic nitrogens is 1. The summed E-state index contributed by atoms with van der Waals surface area (Å²) in [6.45, 7) is 2.14. The maximum absolute atomic E-state index is 13.4. The van der Waals surface area contributed by atoms with Crippen LogP contribution in [0.1, 0.15) is 29.8 Å². The van der Waals surface area contributed by atoms with E-state index in [0.29, 0.717) is 18.0 Å². The van der Waals surface area contributed by atoms with Gasteiger partial charge in [-0.1, -0.05) is 24.3 Å². The molecule has 1 atom stereocenters. The summed E-state index contributed by atoms with van der Waals surface area (Å²) in [7, 11) is 3.16. The molecule has 0 radical (unpaired) electrons. The Hall–Kier alpha value is -3.94. The van der Waals surface area contributed by atoms with Crippen LogP contribution in [-0.4, -0.2) is 48.8 Å². The molecule has 172 valence electrons. The minimum absolute atomic E-state index is 0.204. The number of benzene rings is 2. The van der Waals surface area contributed by atoms with Crippen molar-refractivity contribution in [2.75, 3.05) is 27.4 Å². The predicted octanol–water partition coefficient (Wildman–Crippen LogP) is 3.67. The van der Waals surface area contributed by atoms with Crippen LogP contribution in [0, 0.1) is 0 Å². The lowest BCUT2D eigenvalue weighted by atomic mass is 10.0. The van der Waals surface area contributed by atoms with E-state index in [1.54, 1.807) is 26.0 Å². The van der Waals surface area contributed by atoms with Gasteiger partial charge in [-0.25, -0.2) is 4.79 Å². The normalized spacial score (nSPS) is 14.5. The second kappa shape index (κ2) is 9.68. The highest BCUT2D eigenvalue weighted by atomic mass is 16.5. The van der Waals surface area contributed by atoms with Crippen LogP contribution < -0.4 is 14.8 Å². The van der Waals surface area contributed by atoms with Crippen molar-refractivity contribution in [1.29, 1.82) is 0 Å². The van der Waals surface area contributed by atoms with Gasteiger partial charge in [0, 0.05) is 11.9 Å². The fraction of sp³-hybridized carbons (Fsp3) is 0.280. The van der Waals surface area contributed by atoms with E-state index >= 15 is 0 Å². The first-order valence-corrected chi connectivity index (χ1v) is 10.7. The Morgan fingerprint density at radius 2 is 1.82 bits per heavy atom. The Bertz CT molecular complexity index is 1160. The van der Waals surface area contributed by atoms with E-state index in [0.717, 1.165) is 22.5 Å². The summed E-state index contributed by atoms with van der Waals surface area (Å²) < 4.78 is 18.0. The van der Waals surface area contributed by atoms with Crippen molar-refractivity contribution in [2.45, 2.75) is 19.5 Å². The smallest absolute Gasteiger partial charge is 0.325 e. The molecule has 2 amide bonds. The van der Waals surface area contributed by atoms with Crippen molar-refractivity contribution in [3.05, 3.63) is 77.6 Å². The lowest BCUT2D eigenvalue weighted by Gasteiger charge is -2.31. The van der Waals surface area contributed by atoms with Crippen LogP contribution in [0.15, 0.2) is 60.8 Å². The zero-order chi connectivity index (χ0) is 23.4. The van der Waals surface area contributed by atoms with Crippen molar-refractivity contribution in [1.82, 2.24) is 14.8 Å². The fourth-order valence-electron chi connectivity index (χ4n) is 4.17. The third kappa shape index (κ3) is 4.37. The number of nitrogens with one attached hydrogen (secondary N) is 1. The van der Waals surface area contributed by atoms with Gasteiger partial charge >= 0.3 is 12.0 Å². The van der Waals surface area contributed by atoms with E-state index < -0.39 is 12.0 Å². The number of amides is 2. The predicted molar refractivity (Wildman–Crippen MR) is 123 cm³/mol. The molecule has 2 aromatic carbocycles. The molecular formula is C25H27N3O5. The standard InChI is InChI=1S/C25H27N3O5/c1-4-33-23(29)15-26-25(30)28-16-18-8-5-6-9-19(18)27-13-7-10-20(27)24(28)17-11-12-21(31-2)22(14-17)32-3/h5-14,24H,4,15-16H2,1-3H3,(H,26,30). The van der Waals surface area contributed by atoms with Crippen LogP contribution in [0.5, 0.6) is 11.5 Å². The zero-order valence-electron chi connectivity index (χ0n) is 18.9. The molecule has 0 saturated heterocycles. The average molecular weight is 450 g/mol. The molecule has 1 aliphatic rings. The molecule has 2 heterocycles. The number of para-hydroxylation sites is 1. The van der Waals surface area contributed by atoms with Crippen LogP contribution in [0.3, 0.4) is 0 Å². The van der Waals surface area contributed by atoms with Crippen LogP contribution in [-0.2, 0) is 16.1 Å². The summed E-state index contributed by atoms with van der Waals surface area (Å²) in [6.07, 6.45) is 1.99. The number of rotatable bonds is 6. The number of methoxy groups -OCH3 is 2. The van der Waals surface area contributed by atoms with Crippen molar-refractivity contribution in [3.8, 4) is 17.2 Å². The zero-order valence-corrected chi connectivity index (χ0v) is 18.9. The Balaban J connectivity index is 1.80. The second-order valence-electron chi connectivity index (χ2n) is 7.54. The van der Waals surface area contributed by atoms with Crippen LogP contribution in [0.2, 0.25) is 0 Å². The molecule has 1 aliphatic heterocycles. The first-order valence-electron chi connectivity index (χ1n) is 10.7. The number of carbonyl (C=O) groups is 2. The molecule has 0 fully saturated rings. The lowest BCUT2D eigenvalue weighted by Crippen LogP contribution is -2.44. The largest absolute Gasteiger partial charge is 0.493 e. The number of carbonyl (C=O) groups excluding carboxylic acids is 2. The summed E-state index contributed by atoms with van der Waals surface area (Å²) >= 11 is 0. The van der Waals surface area contributed by atoms with Crippen molar-refractivity contribution < 1.29 is 23.8 Å². The maximum Gasteiger partial charge on any atom is 0.325 e. The van der Waals surface area contributed by atoms with Gasteiger partial charge < -0.3 is 29.0 Å². The SMILES string of the molecule is CCOC(=O)CNC(=O)N1Cc2ccccc2-n2cccc2C1c1ccc(OC)c(OC)c1. The van der Waals surface area contributed by atoms with Crippen molar-refractivity contribution >= 4 is 12.0 Å². The molecule has 1 unspecified atom stereocenters. The molecule has 0 bridgehead atoms. The van der Waals surface area contributed by atoms with Gasteiger partial charge in [0.25, 0.3) is 0 Å². The summed E-state index contributed by atoms with van der Waals surface area (Å²) in [5.41, 5.74) is 3.76. The van der Waals surface area contributed by atoms with E-state index in [1.807, 2.05) is 60.8 Å². The summed E-state index contributed by atoms with van der Waals surface area (Å²) in [5.74, 6) is 0.695. The fourth-order valence-corrected chi connectivity index (χ4v) is 4.17. The van der Waals surface area contributed by atoms with Gasteiger partial charge in [-0.3, -0.25) is 4.79 Å². The number of ether oxygens (including phenoxy) is 3. The summed E-state index contributed by atoms with van der Waals surface area (Å²) in [5, 5.41) is 2.72. The highest BCUT2D eigenvalue weighted by Crippen LogP contribution is 2.39. The molecule has 0 aliphatic carbocycles. The molecule has 1 N–H and O–H groups in total. The highest BCUT2D eigenvalue weighted by molar-refractivity contribution is 5.81. The number of esters is 1. The monoisotopic (exact) mass is 449 g/mol. The van der Waals surface area contributed by atoms with Crippen LogP contribution in [0.25, 0.3) is 5.69 Å². The van der Waals surface area contributed by atoms with Gasteiger partial charge in [0.15, 0.2) is 11.5 Å². The Morgan fingerprint density at radius 1 is 1.03 bits per heavy atom. The Kier molecular flexibility index (Phi) is 6.53. The van der Waals surface area contributed by atoms with Gasteiger partial charge in [-0.2, -0.15) is 0 Å². The molecule has 0 spiro atoms. The van der Waals surface area contributed by atoms with E-state index in [2.05, 4.69) is 9.88 Å². The molecule has 0 saturated carbocycles. The second-order valence-corrected chi connectivity index (χ2v) is 7.54. The van der Waals surface area contributed by atoms with Gasteiger partial charge in [-0.15, -0.1) is 0 Å². The third-order valence-corrected chi connectivity index (χ3v) is 5.64. The minimum Gasteiger partial charge on any atom is -0.493 e. The quantitative estimate of drug-likeness (QED) is 0.581. The van der Waals surface area contributed by atoms with Gasteiger partial charge in [0.1, 0.15) is 6.54 Å². The van der Waals surface area contributed by atoms with Crippen molar-refractivity contribution in [3.63, 3.8) is 0 Å². The summed E-state index contributed by atoms with van der Waals surface area (Å²) in [6, 6.07) is 16.7. The van der Waals surface area contributed by atoms with Crippen LogP contribution in [0.4, 0.5) is 4.79 Å². The number of fused-ring (bicyclic) bond motifs is 3. The first-order chi connectivity index (χ1) is 16.1. The third-order valence-electron chi connectivity index (χ3n) is 5.64. The number of nitrogens with zero attached hydrogens (tertiary/aromatic N) is 2. The molecule has 4 rings (SSSR count). The van der Waals surface area contributed by atoms with E-state index in [9.17, 15) is 9.59 Å². The van der Waals surface area contributed by atoms with Crippen molar-refractivity contribution in [2.24, 2.45) is 0 Å². The number of urea groups is 1. The number of hydrogen-bond donors (Lipinski definition) is 1. The van der Waals surface area contributed by atoms with E-state index in [-0.39, 0.29) is 19.2 Å². The van der Waals surface area contributed by atoms with E-state index in [1.165, 1.54) is 0 Å². The molecule has 8 nitrogen and oxygen atoms in total. The molecular weight excluding hydrogens is 422 g/mol. The minimum atomic E-state index is -0.480. The molecule has 33 heavy (non-hydrogen) atoms. The number of hydrogen-bond acceptors (Lipinski definition) is 5. The lowest BCUT2D eigenvalue weighted by molar-refractivity contribution is -0.141. The van der Waals surface area contributed by atoms with Gasteiger partial charge in [0.05, 0.1) is 39.1 Å². The highest BCUT2D eigenvalue weighted by Gasteiger charge is 2.33. The van der Waals surface area contributed by atoms with Gasteiger partial charge in [0.2, 0.25) is 0 Å².